The fraction of sp³-hybridized carbons (Fsp3) is 1.00. The van der Waals surface area contributed by atoms with Gasteiger partial charge in [0.2, 0.25) is 0 Å². The van der Waals surface area contributed by atoms with Crippen LogP contribution in [0.3, 0.4) is 0 Å². The summed E-state index contributed by atoms with van der Waals surface area (Å²) in [6.07, 6.45) is 11.0. The average Bonchev–Trinajstić information content (AvgIpc) is 2.27. The molecule has 0 saturated heterocycles. The molecule has 0 amide bonds. The molecule has 0 aromatic carbocycles. The molecule has 0 nitrogen and oxygen atoms in total. The van der Waals surface area contributed by atoms with E-state index in [4.69, 9.17) is 0 Å². The Morgan fingerprint density at radius 1 is 0.250 bits per heavy atom. The first-order chi connectivity index (χ1) is 10.4. The van der Waals surface area contributed by atoms with E-state index in [1.807, 2.05) is 0 Å². The molecule has 0 heteroatoms. The van der Waals surface area contributed by atoms with Crippen LogP contribution in [0.1, 0.15) is 194 Å². The first-order valence-corrected chi connectivity index (χ1v) is 10.4. The summed E-state index contributed by atoms with van der Waals surface area (Å²) in [5, 5.41) is 0. The Kier molecular flexibility index (Phi) is 54.1. The Hall–Kier alpha value is 0. The third kappa shape index (κ3) is 77.9. The Bertz CT molecular complexity index is 218. The maximum absolute atomic E-state index is 2.32. The lowest BCUT2D eigenvalue weighted by molar-refractivity contribution is 0.318. The van der Waals surface area contributed by atoms with Crippen molar-refractivity contribution in [2.75, 3.05) is 0 Å². The molecule has 0 aromatic heterocycles. The molecule has 212 valence electrons. The van der Waals surface area contributed by atoms with Crippen LogP contribution in [0, 0.1) is 21.7 Å². The van der Waals surface area contributed by atoms with Gasteiger partial charge < -0.3 is 0 Å². The topological polar surface area (TPSA) is 0 Å². The standard InChI is InChI=1S/2C12H26.8CH4/c2*1-11(2,3)9-7-8-10-12(4,5)6;;;;;;;;/h2*7-10H2,1-6H3;8*1H4. The van der Waals surface area contributed by atoms with Crippen LogP contribution in [0.5, 0.6) is 0 Å². The lowest BCUT2D eigenvalue weighted by Gasteiger charge is -2.21. The van der Waals surface area contributed by atoms with Gasteiger partial charge in [0.1, 0.15) is 0 Å². The molecule has 0 aliphatic carbocycles. The molecule has 0 atom stereocenters. The second kappa shape index (κ2) is 27.2. The largest absolute Gasteiger partial charge is 0.0776 e. The van der Waals surface area contributed by atoms with Gasteiger partial charge in [0.15, 0.2) is 0 Å². The molecular weight excluding hydrogens is 384 g/mol. The fourth-order valence-corrected chi connectivity index (χ4v) is 2.62. The maximum Gasteiger partial charge on any atom is -0.0383 e. The zero-order valence-electron chi connectivity index (χ0n) is 19.7. The van der Waals surface area contributed by atoms with E-state index in [0.29, 0.717) is 21.7 Å². The summed E-state index contributed by atoms with van der Waals surface area (Å²) >= 11 is 0. The SMILES string of the molecule is C.C.C.C.C.C.C.C.CC(C)(C)CCCCC(C)(C)C.CC(C)(C)CCCCC(C)(C)C. The molecule has 0 rings (SSSR count). The molecule has 0 N–H and O–H groups in total. The third-order valence-corrected chi connectivity index (χ3v) is 4.21. The average molecular weight is 469 g/mol. The lowest BCUT2D eigenvalue weighted by Crippen LogP contribution is -2.07. The molecule has 32 heavy (non-hydrogen) atoms. The highest BCUT2D eigenvalue weighted by Gasteiger charge is 2.13. The van der Waals surface area contributed by atoms with E-state index in [-0.39, 0.29) is 59.4 Å². The van der Waals surface area contributed by atoms with Gasteiger partial charge in [0, 0.05) is 0 Å². The van der Waals surface area contributed by atoms with Crippen LogP contribution < -0.4 is 0 Å². The summed E-state index contributed by atoms with van der Waals surface area (Å²) in [6, 6.07) is 0. The van der Waals surface area contributed by atoms with Crippen LogP contribution in [0.25, 0.3) is 0 Å². The minimum absolute atomic E-state index is 0. The molecule has 0 bridgehead atoms. The summed E-state index contributed by atoms with van der Waals surface area (Å²) in [6.45, 7) is 27.9. The Balaban J connectivity index is -0.0000000302. The van der Waals surface area contributed by atoms with Crippen molar-refractivity contribution in [1.82, 2.24) is 0 Å². The predicted molar refractivity (Wildman–Crippen MR) is 169 cm³/mol. The van der Waals surface area contributed by atoms with Crippen molar-refractivity contribution in [2.24, 2.45) is 21.7 Å². The third-order valence-electron chi connectivity index (χ3n) is 4.21. The minimum atomic E-state index is 0. The van der Waals surface area contributed by atoms with E-state index in [2.05, 4.69) is 83.1 Å². The summed E-state index contributed by atoms with van der Waals surface area (Å²) < 4.78 is 0. The van der Waals surface area contributed by atoms with Gasteiger partial charge in [-0.2, -0.15) is 0 Å². The van der Waals surface area contributed by atoms with Gasteiger partial charge in [0.05, 0.1) is 0 Å². The van der Waals surface area contributed by atoms with Gasteiger partial charge in [-0.05, 0) is 47.3 Å². The maximum atomic E-state index is 2.32. The van der Waals surface area contributed by atoms with Crippen molar-refractivity contribution >= 4 is 0 Å². The molecule has 0 spiro atoms. The number of hydrogen-bond acceptors (Lipinski definition) is 0. The van der Waals surface area contributed by atoms with Crippen molar-refractivity contribution in [2.45, 2.75) is 194 Å². The summed E-state index contributed by atoms with van der Waals surface area (Å²) in [5.74, 6) is 0. The highest BCUT2D eigenvalue weighted by molar-refractivity contribution is 4.66. The van der Waals surface area contributed by atoms with Gasteiger partial charge in [0.25, 0.3) is 0 Å². The smallest absolute Gasteiger partial charge is 0.0383 e. The predicted octanol–water partition coefficient (Wildman–Crippen LogP) is 14.4. The van der Waals surface area contributed by atoms with Crippen molar-refractivity contribution in [3.05, 3.63) is 0 Å². The first kappa shape index (κ1) is 63.5. The van der Waals surface area contributed by atoms with Crippen molar-refractivity contribution in [3.63, 3.8) is 0 Å². The molecule has 0 aliphatic rings. The molecule has 0 fully saturated rings. The molecule has 0 saturated carbocycles. The lowest BCUT2D eigenvalue weighted by atomic mass is 9.85. The van der Waals surface area contributed by atoms with E-state index in [1.165, 1.54) is 51.4 Å². The number of hydrogen-bond donors (Lipinski definition) is 0. The van der Waals surface area contributed by atoms with Crippen molar-refractivity contribution in [3.8, 4) is 0 Å². The van der Waals surface area contributed by atoms with Crippen LogP contribution >= 0.6 is 0 Å². The van der Waals surface area contributed by atoms with Crippen LogP contribution in [-0.2, 0) is 0 Å². The van der Waals surface area contributed by atoms with Gasteiger partial charge in [-0.15, -0.1) is 0 Å². The van der Waals surface area contributed by atoms with Gasteiger partial charge in [-0.3, -0.25) is 0 Å². The second-order valence-electron chi connectivity index (χ2n) is 12.7. The molecule has 0 aromatic rings. The second-order valence-corrected chi connectivity index (χ2v) is 12.7. The van der Waals surface area contributed by atoms with E-state index in [9.17, 15) is 0 Å². The Labute approximate surface area is 215 Å². The number of rotatable bonds is 6. The highest BCUT2D eigenvalue weighted by atomic mass is 14.2. The molecular formula is C32H84. The first-order valence-electron chi connectivity index (χ1n) is 10.4. The summed E-state index contributed by atoms with van der Waals surface area (Å²) in [7, 11) is 0. The molecule has 0 radical (unpaired) electrons. The van der Waals surface area contributed by atoms with Gasteiger partial charge >= 0.3 is 0 Å². The highest BCUT2D eigenvalue weighted by Crippen LogP contribution is 2.27. The van der Waals surface area contributed by atoms with Crippen LogP contribution in [0.15, 0.2) is 0 Å². The Morgan fingerprint density at radius 2 is 0.344 bits per heavy atom. The van der Waals surface area contributed by atoms with E-state index in [0.717, 1.165) is 0 Å². The monoisotopic (exact) mass is 469 g/mol. The summed E-state index contributed by atoms with van der Waals surface area (Å²) in [5.41, 5.74) is 2.10. The van der Waals surface area contributed by atoms with E-state index >= 15 is 0 Å². The van der Waals surface area contributed by atoms with E-state index in [1.54, 1.807) is 0 Å². The molecule has 0 heterocycles. The van der Waals surface area contributed by atoms with Crippen LogP contribution in [0.4, 0.5) is 0 Å². The van der Waals surface area contributed by atoms with Crippen LogP contribution in [0.2, 0.25) is 0 Å². The molecule has 0 aliphatic heterocycles. The Morgan fingerprint density at radius 3 is 0.406 bits per heavy atom. The summed E-state index contributed by atoms with van der Waals surface area (Å²) in [4.78, 5) is 0. The van der Waals surface area contributed by atoms with Gasteiger partial charge in [-0.25, -0.2) is 0 Å². The van der Waals surface area contributed by atoms with Crippen molar-refractivity contribution < 1.29 is 0 Å². The van der Waals surface area contributed by atoms with Gasteiger partial charge in [-0.1, -0.05) is 168 Å². The van der Waals surface area contributed by atoms with E-state index < -0.39 is 0 Å². The fourth-order valence-electron chi connectivity index (χ4n) is 2.62. The van der Waals surface area contributed by atoms with Crippen molar-refractivity contribution in [1.29, 1.82) is 0 Å². The zero-order chi connectivity index (χ0) is 19.7. The number of unbranched alkanes of at least 4 members (excludes halogenated alkanes) is 2. The van der Waals surface area contributed by atoms with Crippen LogP contribution in [-0.4, -0.2) is 0 Å². The quantitative estimate of drug-likeness (QED) is 0.340. The zero-order valence-corrected chi connectivity index (χ0v) is 19.7. The normalized spacial score (nSPS) is 10.1. The molecule has 0 unspecified atom stereocenters. The minimum Gasteiger partial charge on any atom is -0.0776 e.